The Labute approximate surface area is 99.5 Å². The zero-order valence-corrected chi connectivity index (χ0v) is 11.0. The molecule has 0 spiro atoms. The third kappa shape index (κ3) is 1.11. The summed E-state index contributed by atoms with van der Waals surface area (Å²) in [6, 6.07) is 0. The molecule has 4 atom stereocenters. The molecule has 3 aliphatic rings. The summed E-state index contributed by atoms with van der Waals surface area (Å²) in [5.41, 5.74) is 9.19. The van der Waals surface area contributed by atoms with Crippen molar-refractivity contribution in [1.82, 2.24) is 0 Å². The molecule has 0 bridgehead atoms. The zero-order chi connectivity index (χ0) is 11.8. The Balaban J connectivity index is 2.08. The molecule has 0 heterocycles. The fourth-order valence-corrected chi connectivity index (χ4v) is 5.54. The van der Waals surface area contributed by atoms with Crippen LogP contribution in [0.5, 0.6) is 0 Å². The summed E-state index contributed by atoms with van der Waals surface area (Å²) in [6.45, 7) is 11.7. The van der Waals surface area contributed by atoms with Crippen LogP contribution in [0.25, 0.3) is 0 Å². The zero-order valence-electron chi connectivity index (χ0n) is 11.0. The molecule has 0 aliphatic heterocycles. The van der Waals surface area contributed by atoms with E-state index >= 15 is 0 Å². The van der Waals surface area contributed by atoms with Gasteiger partial charge in [0, 0.05) is 11.5 Å². The Morgan fingerprint density at radius 2 is 1.88 bits per heavy atom. The molecule has 0 radical (unpaired) electrons. The van der Waals surface area contributed by atoms with E-state index in [1.165, 1.54) is 37.7 Å². The Morgan fingerprint density at radius 1 is 1.19 bits per heavy atom. The molecular formula is C15H25N. The average molecular weight is 219 g/mol. The van der Waals surface area contributed by atoms with Crippen molar-refractivity contribution in [2.75, 3.05) is 0 Å². The number of hydrogen-bond acceptors (Lipinski definition) is 1. The molecular weight excluding hydrogens is 194 g/mol. The van der Waals surface area contributed by atoms with Crippen molar-refractivity contribution >= 4 is 0 Å². The van der Waals surface area contributed by atoms with Gasteiger partial charge in [-0.25, -0.2) is 0 Å². The number of fused-ring (bicyclic) bond motifs is 3. The molecule has 90 valence electrons. The summed E-state index contributed by atoms with van der Waals surface area (Å²) < 4.78 is 0. The minimum atomic E-state index is 0.0915. The highest BCUT2D eigenvalue weighted by atomic mass is 14.9. The summed E-state index contributed by atoms with van der Waals surface area (Å²) >= 11 is 0. The largest absolute Gasteiger partial charge is 0.325 e. The van der Waals surface area contributed by atoms with Crippen molar-refractivity contribution in [1.29, 1.82) is 0 Å². The highest BCUT2D eigenvalue weighted by Crippen LogP contribution is 2.70. The van der Waals surface area contributed by atoms with E-state index < -0.39 is 0 Å². The first kappa shape index (κ1) is 10.8. The second kappa shape index (κ2) is 2.75. The van der Waals surface area contributed by atoms with E-state index in [1.807, 2.05) is 0 Å². The Bertz CT molecular complexity index is 356. The van der Waals surface area contributed by atoms with E-state index in [0.29, 0.717) is 16.7 Å². The van der Waals surface area contributed by atoms with Gasteiger partial charge in [0.2, 0.25) is 0 Å². The maximum absolute atomic E-state index is 6.69. The molecule has 0 amide bonds. The van der Waals surface area contributed by atoms with Crippen LogP contribution in [0, 0.1) is 22.7 Å². The van der Waals surface area contributed by atoms with Crippen molar-refractivity contribution in [3.8, 4) is 0 Å². The van der Waals surface area contributed by atoms with Crippen LogP contribution in [0.15, 0.2) is 12.2 Å². The van der Waals surface area contributed by atoms with Crippen molar-refractivity contribution in [2.45, 2.75) is 58.4 Å². The molecule has 16 heavy (non-hydrogen) atoms. The van der Waals surface area contributed by atoms with Gasteiger partial charge in [-0.05, 0) is 48.9 Å². The molecule has 0 saturated heterocycles. The molecule has 2 N–H and O–H groups in total. The third-order valence-electron chi connectivity index (χ3n) is 5.97. The van der Waals surface area contributed by atoms with Gasteiger partial charge in [-0.15, -0.1) is 0 Å². The summed E-state index contributed by atoms with van der Waals surface area (Å²) in [4.78, 5) is 0. The highest BCUT2D eigenvalue weighted by Gasteiger charge is 2.66. The highest BCUT2D eigenvalue weighted by molar-refractivity contribution is 5.29. The lowest BCUT2D eigenvalue weighted by Crippen LogP contribution is -2.42. The molecule has 0 aromatic heterocycles. The minimum absolute atomic E-state index is 0.0915. The van der Waals surface area contributed by atoms with Gasteiger partial charge in [0.05, 0.1) is 0 Å². The molecule has 3 fully saturated rings. The lowest BCUT2D eigenvalue weighted by atomic mass is 9.68. The standard InChI is InChI=1S/C15H25N/c1-10-5-6-15(16)9-14(4)8-7-13(2,3)12(14)11(10)15/h11-12H,1,5-9,16H2,2-4H3/t11-,12?,14+,15-/m1/s1. The van der Waals surface area contributed by atoms with E-state index in [2.05, 4.69) is 27.4 Å². The molecule has 1 nitrogen and oxygen atoms in total. The molecule has 3 rings (SSSR count). The Hall–Kier alpha value is -0.300. The number of nitrogens with two attached hydrogens (primary N) is 1. The third-order valence-corrected chi connectivity index (χ3v) is 5.97. The minimum Gasteiger partial charge on any atom is -0.325 e. The maximum atomic E-state index is 6.69. The van der Waals surface area contributed by atoms with Crippen LogP contribution >= 0.6 is 0 Å². The monoisotopic (exact) mass is 219 g/mol. The fraction of sp³-hybridized carbons (Fsp3) is 0.867. The molecule has 3 saturated carbocycles. The predicted molar refractivity (Wildman–Crippen MR) is 68.0 cm³/mol. The maximum Gasteiger partial charge on any atom is 0.0231 e. The summed E-state index contributed by atoms with van der Waals surface area (Å²) in [6.07, 6.45) is 6.32. The molecule has 0 aromatic rings. The Morgan fingerprint density at radius 3 is 2.56 bits per heavy atom. The number of hydrogen-bond donors (Lipinski definition) is 1. The number of rotatable bonds is 0. The van der Waals surface area contributed by atoms with Crippen LogP contribution in [0.4, 0.5) is 0 Å². The van der Waals surface area contributed by atoms with Gasteiger partial charge >= 0.3 is 0 Å². The topological polar surface area (TPSA) is 26.0 Å². The summed E-state index contributed by atoms with van der Waals surface area (Å²) in [5.74, 6) is 1.38. The van der Waals surface area contributed by atoms with Gasteiger partial charge < -0.3 is 5.73 Å². The first-order valence-corrected chi connectivity index (χ1v) is 6.75. The molecule has 3 aliphatic carbocycles. The lowest BCUT2D eigenvalue weighted by Gasteiger charge is -2.37. The fourth-order valence-electron chi connectivity index (χ4n) is 5.54. The SMILES string of the molecule is C=C1CC[C@@]2(N)C[C@]3(C)CCC(C)(C)C3[C@@H]12. The lowest BCUT2D eigenvalue weighted by molar-refractivity contribution is 0.144. The van der Waals surface area contributed by atoms with Gasteiger partial charge in [-0.2, -0.15) is 0 Å². The normalized spacial score (nSPS) is 54.1. The first-order chi connectivity index (χ1) is 7.29. The molecule has 1 heteroatoms. The second-order valence-electron chi connectivity index (χ2n) is 7.67. The van der Waals surface area contributed by atoms with E-state index in [1.54, 1.807) is 0 Å². The van der Waals surface area contributed by atoms with Crippen LogP contribution < -0.4 is 5.73 Å². The van der Waals surface area contributed by atoms with Crippen molar-refractivity contribution in [3.05, 3.63) is 12.2 Å². The average Bonchev–Trinajstić information content (AvgIpc) is 2.63. The first-order valence-electron chi connectivity index (χ1n) is 6.75. The van der Waals surface area contributed by atoms with Gasteiger partial charge in [0.1, 0.15) is 0 Å². The van der Waals surface area contributed by atoms with Gasteiger partial charge in [0.25, 0.3) is 0 Å². The van der Waals surface area contributed by atoms with E-state index in [-0.39, 0.29) is 5.54 Å². The van der Waals surface area contributed by atoms with Crippen LogP contribution in [-0.4, -0.2) is 5.54 Å². The predicted octanol–water partition coefficient (Wildman–Crippen LogP) is 3.50. The van der Waals surface area contributed by atoms with E-state index in [0.717, 1.165) is 5.92 Å². The van der Waals surface area contributed by atoms with E-state index in [9.17, 15) is 0 Å². The van der Waals surface area contributed by atoms with Gasteiger partial charge in [0.15, 0.2) is 0 Å². The van der Waals surface area contributed by atoms with Crippen molar-refractivity contribution < 1.29 is 0 Å². The van der Waals surface area contributed by atoms with Crippen LogP contribution in [0.2, 0.25) is 0 Å². The second-order valence-corrected chi connectivity index (χ2v) is 7.67. The van der Waals surface area contributed by atoms with Crippen molar-refractivity contribution in [2.24, 2.45) is 28.4 Å². The molecule has 0 aromatic carbocycles. The quantitative estimate of drug-likeness (QED) is 0.620. The van der Waals surface area contributed by atoms with Gasteiger partial charge in [-0.1, -0.05) is 32.9 Å². The summed E-state index contributed by atoms with van der Waals surface area (Å²) in [5, 5.41) is 0. The molecule has 1 unspecified atom stereocenters. The van der Waals surface area contributed by atoms with E-state index in [4.69, 9.17) is 5.73 Å². The van der Waals surface area contributed by atoms with Crippen LogP contribution in [-0.2, 0) is 0 Å². The van der Waals surface area contributed by atoms with Crippen molar-refractivity contribution in [3.63, 3.8) is 0 Å². The van der Waals surface area contributed by atoms with Crippen LogP contribution in [0.1, 0.15) is 52.9 Å². The van der Waals surface area contributed by atoms with Gasteiger partial charge in [-0.3, -0.25) is 0 Å². The smallest absolute Gasteiger partial charge is 0.0231 e. The van der Waals surface area contributed by atoms with Crippen LogP contribution in [0.3, 0.4) is 0 Å². The summed E-state index contributed by atoms with van der Waals surface area (Å²) in [7, 11) is 0. The Kier molecular flexibility index (Phi) is 1.86.